The second-order valence-electron chi connectivity index (χ2n) is 5.95. The molecule has 0 amide bonds. The molecule has 1 heterocycles. The van der Waals surface area contributed by atoms with Crippen LogP contribution in [-0.4, -0.2) is 26.4 Å². The Labute approximate surface area is 164 Å². The first kappa shape index (κ1) is 19.4. The highest BCUT2D eigenvalue weighted by Gasteiger charge is 2.33. The summed E-state index contributed by atoms with van der Waals surface area (Å²) in [6.45, 7) is -0.0372. The molecule has 0 N–H and O–H groups in total. The minimum Gasteiger partial charge on any atom is -0.457 e. The first-order valence-corrected chi connectivity index (χ1v) is 11.1. The van der Waals surface area contributed by atoms with E-state index in [1.807, 2.05) is 0 Å². The summed E-state index contributed by atoms with van der Waals surface area (Å²) in [7, 11) is -3.61. The van der Waals surface area contributed by atoms with Gasteiger partial charge in [0.25, 0.3) is 0 Å². The Balaban J connectivity index is 1.90. The lowest BCUT2D eigenvalue weighted by Gasteiger charge is -2.12. The second-order valence-corrected chi connectivity index (χ2v) is 9.99. The van der Waals surface area contributed by atoms with Gasteiger partial charge in [-0.05, 0) is 36.1 Å². The van der Waals surface area contributed by atoms with Crippen molar-refractivity contribution in [1.82, 2.24) is 0 Å². The zero-order valence-electron chi connectivity index (χ0n) is 13.7. The molecule has 9 heteroatoms. The quantitative estimate of drug-likeness (QED) is 0.671. The van der Waals surface area contributed by atoms with Crippen LogP contribution in [0.15, 0.2) is 22.4 Å². The third-order valence-corrected chi connectivity index (χ3v) is 7.74. The maximum Gasteiger partial charge on any atom is 0.348 e. The van der Waals surface area contributed by atoms with Gasteiger partial charge in [0.15, 0.2) is 15.6 Å². The van der Waals surface area contributed by atoms with Crippen molar-refractivity contribution < 1.29 is 22.7 Å². The summed E-state index contributed by atoms with van der Waals surface area (Å²) in [4.78, 5) is 24.9. The summed E-state index contributed by atoms with van der Waals surface area (Å²) in [5.41, 5.74) is 1.29. The van der Waals surface area contributed by atoms with Gasteiger partial charge < -0.3 is 4.74 Å². The number of carbonyl (C=O) groups excluding carboxylic acids is 2. The smallest absolute Gasteiger partial charge is 0.348 e. The lowest BCUT2D eigenvalue weighted by atomic mass is 9.93. The fraction of sp³-hybridized carbons (Fsp3) is 0.294. The van der Waals surface area contributed by atoms with Crippen LogP contribution in [0, 0.1) is 0 Å². The number of rotatable bonds is 4. The van der Waals surface area contributed by atoms with E-state index in [0.717, 1.165) is 17.6 Å². The van der Waals surface area contributed by atoms with E-state index in [9.17, 15) is 18.0 Å². The Morgan fingerprint density at radius 1 is 1.23 bits per heavy atom. The first-order chi connectivity index (χ1) is 12.2. The molecule has 0 fully saturated rings. The number of ether oxygens (including phenoxy) is 1. The largest absolute Gasteiger partial charge is 0.457 e. The molecule has 1 aromatic carbocycles. The number of sulfone groups is 1. The van der Waals surface area contributed by atoms with Gasteiger partial charge in [-0.15, -0.1) is 11.3 Å². The fourth-order valence-electron chi connectivity index (χ4n) is 2.78. The molecule has 138 valence electrons. The molecule has 26 heavy (non-hydrogen) atoms. The molecule has 1 aromatic heterocycles. The molecule has 0 aliphatic heterocycles. The van der Waals surface area contributed by atoms with E-state index in [-0.39, 0.29) is 33.5 Å². The van der Waals surface area contributed by atoms with E-state index in [4.69, 9.17) is 27.9 Å². The van der Waals surface area contributed by atoms with Gasteiger partial charge in [-0.2, -0.15) is 0 Å². The number of hydrogen-bond acceptors (Lipinski definition) is 6. The van der Waals surface area contributed by atoms with Crippen molar-refractivity contribution in [3.63, 3.8) is 0 Å². The number of esters is 1. The van der Waals surface area contributed by atoms with E-state index in [0.29, 0.717) is 34.0 Å². The van der Waals surface area contributed by atoms with Crippen LogP contribution in [0.4, 0.5) is 0 Å². The van der Waals surface area contributed by atoms with Gasteiger partial charge in [-0.1, -0.05) is 29.3 Å². The van der Waals surface area contributed by atoms with Gasteiger partial charge in [0.2, 0.25) is 0 Å². The topological polar surface area (TPSA) is 77.5 Å². The van der Waals surface area contributed by atoms with E-state index < -0.39 is 15.8 Å². The minimum absolute atomic E-state index is 0.0372. The van der Waals surface area contributed by atoms with Crippen LogP contribution in [0.3, 0.4) is 0 Å². The molecule has 1 aliphatic rings. The second kappa shape index (κ2) is 7.31. The predicted molar refractivity (Wildman–Crippen MR) is 100 cm³/mol. The van der Waals surface area contributed by atoms with Crippen LogP contribution in [0.25, 0.3) is 0 Å². The summed E-state index contributed by atoms with van der Waals surface area (Å²) in [5, 5.41) is 0.740. The van der Waals surface area contributed by atoms with E-state index in [2.05, 4.69) is 0 Å². The van der Waals surface area contributed by atoms with E-state index in [1.54, 1.807) is 18.2 Å². The summed E-state index contributed by atoms with van der Waals surface area (Å²) >= 11 is 12.6. The number of fused-ring (bicyclic) bond motifs is 1. The maximum absolute atomic E-state index is 12.5. The van der Waals surface area contributed by atoms with Gasteiger partial charge in [-0.25, -0.2) is 13.2 Å². The number of hydrogen-bond donors (Lipinski definition) is 0. The highest BCUT2D eigenvalue weighted by Crippen LogP contribution is 2.37. The highest BCUT2D eigenvalue weighted by atomic mass is 35.5. The summed E-state index contributed by atoms with van der Waals surface area (Å²) in [5.74, 6) is -0.895. The lowest BCUT2D eigenvalue weighted by Crippen LogP contribution is -2.14. The lowest BCUT2D eigenvalue weighted by molar-refractivity contribution is 0.0477. The number of ketones is 1. The molecule has 0 unspecified atom stereocenters. The number of benzene rings is 1. The summed E-state index contributed by atoms with van der Waals surface area (Å²) in [6.07, 6.45) is 2.37. The van der Waals surface area contributed by atoms with Crippen LogP contribution in [0.2, 0.25) is 10.0 Å². The normalized spacial score (nSPS) is 14.2. The molecule has 0 bridgehead atoms. The van der Waals surface area contributed by atoms with Crippen LogP contribution < -0.4 is 0 Å². The Hall–Kier alpha value is -1.41. The van der Waals surface area contributed by atoms with Crippen molar-refractivity contribution in [2.75, 3.05) is 6.26 Å². The molecule has 3 rings (SSSR count). The molecule has 0 saturated heterocycles. The van der Waals surface area contributed by atoms with Crippen molar-refractivity contribution in [3.05, 3.63) is 49.8 Å². The average Bonchev–Trinajstić information content (AvgIpc) is 2.97. The van der Waals surface area contributed by atoms with Gasteiger partial charge >= 0.3 is 5.97 Å². The van der Waals surface area contributed by atoms with Crippen LogP contribution in [0.5, 0.6) is 0 Å². The first-order valence-electron chi connectivity index (χ1n) is 7.68. The monoisotopic (exact) mass is 432 g/mol. The Morgan fingerprint density at radius 3 is 2.62 bits per heavy atom. The number of Topliss-reactive ketones (excluding diaryl/α,β-unsaturated/α-hetero) is 1. The van der Waals surface area contributed by atoms with Crippen molar-refractivity contribution >= 4 is 56.1 Å². The molecule has 5 nitrogen and oxygen atoms in total. The number of halogens is 2. The van der Waals surface area contributed by atoms with Crippen molar-refractivity contribution in [3.8, 4) is 0 Å². The molecule has 1 aliphatic carbocycles. The van der Waals surface area contributed by atoms with Crippen LogP contribution in [0.1, 0.15) is 44.0 Å². The summed E-state index contributed by atoms with van der Waals surface area (Å²) < 4.78 is 29.3. The Morgan fingerprint density at radius 2 is 1.96 bits per heavy atom. The molecule has 0 spiro atoms. The SMILES string of the molecule is CS(=O)(=O)c1sc(C(=O)OCc2ccc(Cl)c(Cl)c2)c2c1C(=O)CCC2. The average molecular weight is 433 g/mol. The molecule has 0 saturated carbocycles. The van der Waals surface area contributed by atoms with Gasteiger partial charge in [0.05, 0.1) is 15.6 Å². The van der Waals surface area contributed by atoms with E-state index >= 15 is 0 Å². The number of thiophene rings is 1. The molecule has 2 aromatic rings. The highest BCUT2D eigenvalue weighted by molar-refractivity contribution is 7.92. The third kappa shape index (κ3) is 3.81. The molecule has 0 radical (unpaired) electrons. The van der Waals surface area contributed by atoms with Crippen molar-refractivity contribution in [2.45, 2.75) is 30.1 Å². The standard InChI is InChI=1S/C17H14Cl2O5S2/c1-26(22,23)17-14-10(3-2-4-13(14)20)15(25-17)16(21)24-8-9-5-6-11(18)12(19)7-9/h5-7H,2-4,8H2,1H3. The zero-order chi connectivity index (χ0) is 19.1. The van der Waals surface area contributed by atoms with E-state index in [1.165, 1.54) is 0 Å². The van der Waals surface area contributed by atoms with Crippen molar-refractivity contribution in [2.24, 2.45) is 0 Å². The predicted octanol–water partition coefficient (Wildman–Crippen LogP) is 4.33. The van der Waals surface area contributed by atoms with Crippen LogP contribution >= 0.6 is 34.5 Å². The minimum atomic E-state index is -3.61. The summed E-state index contributed by atoms with van der Waals surface area (Å²) in [6, 6.07) is 4.86. The van der Waals surface area contributed by atoms with Gasteiger partial charge in [-0.3, -0.25) is 4.79 Å². The Kier molecular flexibility index (Phi) is 5.44. The van der Waals surface area contributed by atoms with Crippen molar-refractivity contribution in [1.29, 1.82) is 0 Å². The van der Waals surface area contributed by atoms with Gasteiger partial charge in [0.1, 0.15) is 15.7 Å². The van der Waals surface area contributed by atoms with Crippen LogP contribution in [-0.2, 0) is 27.6 Å². The molecular weight excluding hydrogens is 419 g/mol. The molecule has 0 atom stereocenters. The zero-order valence-corrected chi connectivity index (χ0v) is 16.8. The molecular formula is C17H14Cl2O5S2. The number of carbonyl (C=O) groups is 2. The third-order valence-electron chi connectivity index (χ3n) is 3.96. The fourth-order valence-corrected chi connectivity index (χ4v) is 5.56. The Bertz CT molecular complexity index is 1010. The maximum atomic E-state index is 12.5. The van der Waals surface area contributed by atoms with Gasteiger partial charge in [0, 0.05) is 12.7 Å².